The van der Waals surface area contributed by atoms with E-state index in [-0.39, 0.29) is 5.91 Å². The quantitative estimate of drug-likeness (QED) is 0.719. The number of methoxy groups -OCH3 is 1. The number of rotatable bonds is 5. The van der Waals surface area contributed by atoms with Gasteiger partial charge in [0.25, 0.3) is 5.91 Å². The van der Waals surface area contributed by atoms with Crippen molar-refractivity contribution in [1.29, 1.82) is 0 Å². The highest BCUT2D eigenvalue weighted by atomic mass is 35.5. The highest BCUT2D eigenvalue weighted by Crippen LogP contribution is 2.37. The van der Waals surface area contributed by atoms with Crippen LogP contribution in [-0.2, 0) is 19.1 Å². The Labute approximate surface area is 149 Å². The van der Waals surface area contributed by atoms with Crippen LogP contribution in [0.2, 0.25) is 0 Å². The monoisotopic (exact) mass is 373 g/mol. The van der Waals surface area contributed by atoms with Crippen LogP contribution < -0.4 is 5.32 Å². The molecule has 0 fully saturated rings. The molecule has 6 nitrogen and oxygen atoms in total. The number of carboxylic acid groups (broad SMARTS) is 1. The summed E-state index contributed by atoms with van der Waals surface area (Å²) in [4.78, 5) is 23.2. The second-order valence-electron chi connectivity index (χ2n) is 5.51. The van der Waals surface area contributed by atoms with Crippen molar-refractivity contribution >= 4 is 35.2 Å². The predicted molar refractivity (Wildman–Crippen MR) is 92.7 cm³/mol. The van der Waals surface area contributed by atoms with Gasteiger partial charge in [-0.25, -0.2) is 0 Å². The van der Waals surface area contributed by atoms with Crippen molar-refractivity contribution < 1.29 is 24.2 Å². The smallest absolute Gasteiger partial charge is 0.312 e. The molecule has 0 spiro atoms. The Kier molecular flexibility index (Phi) is 6.01. The predicted octanol–water partition coefficient (Wildman–Crippen LogP) is 2.26. The first-order chi connectivity index (χ1) is 11.3. The van der Waals surface area contributed by atoms with Crippen LogP contribution >= 0.6 is 23.4 Å². The zero-order valence-electron chi connectivity index (χ0n) is 13.7. The maximum atomic E-state index is 12.4. The Bertz CT molecular complexity index is 630. The fourth-order valence-electron chi connectivity index (χ4n) is 2.52. The number of alkyl halides is 1. The molecule has 1 heterocycles. The van der Waals surface area contributed by atoms with Crippen molar-refractivity contribution in [2.45, 2.75) is 24.8 Å². The van der Waals surface area contributed by atoms with Gasteiger partial charge in [0.1, 0.15) is 21.5 Å². The molecular formula is C16H20ClNO5S. The molecule has 2 N–H and O–H groups in total. The number of amides is 1. The SMILES string of the molecule is COC(C)C1(Cl)C=CC(NC(=O)C2=C(C)OCCS2)=CC1C(=O)O. The van der Waals surface area contributed by atoms with Crippen LogP contribution in [0.15, 0.2) is 34.6 Å². The van der Waals surface area contributed by atoms with E-state index in [1.54, 1.807) is 26.0 Å². The standard InChI is InChI=1S/C16H20ClNO5S/c1-9-13(24-7-6-23-9)14(19)18-11-4-5-16(17,10(2)22-3)12(8-11)15(20)21/h4-5,8,10,12H,6-7H2,1-3H3,(H,18,19)(H,20,21). The van der Waals surface area contributed by atoms with Gasteiger partial charge in [-0.15, -0.1) is 23.4 Å². The summed E-state index contributed by atoms with van der Waals surface area (Å²) in [5.74, 6) is -1.17. The number of nitrogens with one attached hydrogen (secondary N) is 1. The molecule has 2 rings (SSSR count). The molecule has 1 aliphatic heterocycles. The molecule has 0 saturated heterocycles. The van der Waals surface area contributed by atoms with Crippen LogP contribution in [0.5, 0.6) is 0 Å². The van der Waals surface area contributed by atoms with Crippen molar-refractivity contribution in [3.05, 3.63) is 34.6 Å². The third-order valence-electron chi connectivity index (χ3n) is 4.02. The van der Waals surface area contributed by atoms with E-state index in [0.717, 1.165) is 0 Å². The lowest BCUT2D eigenvalue weighted by Gasteiger charge is -2.35. The minimum Gasteiger partial charge on any atom is -0.496 e. The Balaban J connectivity index is 2.21. The molecule has 24 heavy (non-hydrogen) atoms. The van der Waals surface area contributed by atoms with Crippen LogP contribution in [0.3, 0.4) is 0 Å². The van der Waals surface area contributed by atoms with E-state index < -0.39 is 22.9 Å². The number of carbonyl (C=O) groups excluding carboxylic acids is 1. The summed E-state index contributed by atoms with van der Waals surface area (Å²) < 4.78 is 10.6. The van der Waals surface area contributed by atoms with Gasteiger partial charge in [-0.2, -0.15) is 0 Å². The highest BCUT2D eigenvalue weighted by Gasteiger charge is 2.45. The normalized spacial score (nSPS) is 28.0. The molecule has 0 aromatic carbocycles. The van der Waals surface area contributed by atoms with Gasteiger partial charge in [0, 0.05) is 18.6 Å². The average molecular weight is 374 g/mol. The van der Waals surface area contributed by atoms with Crippen LogP contribution in [0.4, 0.5) is 0 Å². The number of hydrogen-bond donors (Lipinski definition) is 2. The second-order valence-corrected chi connectivity index (χ2v) is 7.27. The van der Waals surface area contributed by atoms with Crippen LogP contribution in [0, 0.1) is 5.92 Å². The molecule has 1 aliphatic carbocycles. The third-order valence-corrected chi connectivity index (χ3v) is 5.82. The van der Waals surface area contributed by atoms with E-state index in [9.17, 15) is 14.7 Å². The van der Waals surface area contributed by atoms with Crippen LogP contribution in [0.25, 0.3) is 0 Å². The number of carboxylic acids is 1. The topological polar surface area (TPSA) is 84.9 Å². The molecule has 1 amide bonds. The summed E-state index contributed by atoms with van der Waals surface area (Å²) in [7, 11) is 1.47. The number of thioether (sulfide) groups is 1. The maximum Gasteiger partial charge on any atom is 0.312 e. The highest BCUT2D eigenvalue weighted by molar-refractivity contribution is 8.04. The Hall–Kier alpha value is -1.44. The Morgan fingerprint density at radius 3 is 2.88 bits per heavy atom. The number of carbonyl (C=O) groups is 2. The number of ether oxygens (including phenoxy) is 2. The van der Waals surface area contributed by atoms with E-state index in [4.69, 9.17) is 21.1 Å². The summed E-state index contributed by atoms with van der Waals surface area (Å²) in [5.41, 5.74) is 0.387. The molecule has 3 unspecified atom stereocenters. The Morgan fingerprint density at radius 2 is 2.29 bits per heavy atom. The van der Waals surface area contributed by atoms with E-state index in [1.807, 2.05) is 0 Å². The largest absolute Gasteiger partial charge is 0.496 e. The van der Waals surface area contributed by atoms with Crippen LogP contribution in [-0.4, -0.2) is 47.4 Å². The van der Waals surface area contributed by atoms with Gasteiger partial charge >= 0.3 is 5.97 Å². The lowest BCUT2D eigenvalue weighted by Crippen LogP contribution is -2.46. The first kappa shape index (κ1) is 18.9. The molecule has 0 aromatic rings. The number of hydrogen-bond acceptors (Lipinski definition) is 5. The zero-order chi connectivity index (χ0) is 17.9. The maximum absolute atomic E-state index is 12.4. The number of aliphatic carboxylic acids is 1. The minimum atomic E-state index is -1.22. The fourth-order valence-corrected chi connectivity index (χ4v) is 3.64. The minimum absolute atomic E-state index is 0.320. The van der Waals surface area contributed by atoms with Gasteiger partial charge in [0.15, 0.2) is 0 Å². The lowest BCUT2D eigenvalue weighted by molar-refractivity contribution is -0.142. The second kappa shape index (κ2) is 7.63. The lowest BCUT2D eigenvalue weighted by atomic mass is 9.83. The molecule has 0 radical (unpaired) electrons. The molecular weight excluding hydrogens is 354 g/mol. The van der Waals surface area contributed by atoms with Crippen molar-refractivity contribution in [3.8, 4) is 0 Å². The molecule has 2 aliphatic rings. The van der Waals surface area contributed by atoms with Crippen molar-refractivity contribution in [2.75, 3.05) is 19.5 Å². The first-order valence-corrected chi connectivity index (χ1v) is 8.79. The zero-order valence-corrected chi connectivity index (χ0v) is 15.2. The van der Waals surface area contributed by atoms with Gasteiger partial charge in [-0.05, 0) is 26.0 Å². The van der Waals surface area contributed by atoms with Crippen LogP contribution in [0.1, 0.15) is 13.8 Å². The van der Waals surface area contributed by atoms with Crippen molar-refractivity contribution in [1.82, 2.24) is 5.32 Å². The number of halogens is 1. The summed E-state index contributed by atoms with van der Waals surface area (Å²) in [6, 6.07) is 0. The van der Waals surface area contributed by atoms with E-state index in [2.05, 4.69) is 5.32 Å². The van der Waals surface area contributed by atoms with Gasteiger partial charge < -0.3 is 19.9 Å². The number of allylic oxidation sites excluding steroid dienone is 2. The Morgan fingerprint density at radius 1 is 1.58 bits per heavy atom. The molecule has 132 valence electrons. The van der Waals surface area contributed by atoms with Gasteiger partial charge in [-0.1, -0.05) is 6.08 Å². The molecule has 0 saturated carbocycles. The summed E-state index contributed by atoms with van der Waals surface area (Å²) in [5, 5.41) is 12.2. The fraction of sp³-hybridized carbons (Fsp3) is 0.500. The van der Waals surface area contributed by atoms with Gasteiger partial charge in [0.2, 0.25) is 0 Å². The molecule has 3 atom stereocenters. The van der Waals surface area contributed by atoms with Crippen molar-refractivity contribution in [2.24, 2.45) is 5.92 Å². The summed E-state index contributed by atoms with van der Waals surface area (Å²) in [6.07, 6.45) is 4.08. The average Bonchev–Trinajstić information content (AvgIpc) is 2.55. The van der Waals surface area contributed by atoms with E-state index in [1.165, 1.54) is 24.9 Å². The molecule has 0 bridgehead atoms. The summed E-state index contributed by atoms with van der Waals surface area (Å²) >= 11 is 7.89. The molecule has 8 heteroatoms. The first-order valence-electron chi connectivity index (χ1n) is 7.43. The van der Waals surface area contributed by atoms with Crippen molar-refractivity contribution in [3.63, 3.8) is 0 Å². The van der Waals surface area contributed by atoms with E-state index >= 15 is 0 Å². The molecule has 0 aromatic heterocycles. The van der Waals surface area contributed by atoms with E-state index in [0.29, 0.717) is 28.7 Å². The summed E-state index contributed by atoms with van der Waals surface area (Å²) in [6.45, 7) is 4.01. The van der Waals surface area contributed by atoms with Gasteiger partial charge in [0.05, 0.1) is 12.7 Å². The third kappa shape index (κ3) is 3.79. The van der Waals surface area contributed by atoms with Gasteiger partial charge in [-0.3, -0.25) is 9.59 Å².